The van der Waals surface area contributed by atoms with Crippen LogP contribution in [0.4, 0.5) is 0 Å². The van der Waals surface area contributed by atoms with E-state index in [2.05, 4.69) is 0 Å². The van der Waals surface area contributed by atoms with E-state index in [0.29, 0.717) is 23.0 Å². The summed E-state index contributed by atoms with van der Waals surface area (Å²) >= 11 is 0. The monoisotopic (exact) mass is 403 g/mol. The van der Waals surface area contributed by atoms with Crippen molar-refractivity contribution < 1.29 is 28.5 Å². The van der Waals surface area contributed by atoms with Gasteiger partial charge in [0.05, 0.1) is 34.4 Å². The highest BCUT2D eigenvalue weighted by molar-refractivity contribution is 5.75. The lowest BCUT2D eigenvalue weighted by Gasteiger charge is -2.28. The first-order valence-electron chi connectivity index (χ1n) is 9.26. The fourth-order valence-electron chi connectivity index (χ4n) is 3.18. The fourth-order valence-corrected chi connectivity index (χ4v) is 3.18. The number of ether oxygens (including phenoxy) is 5. The summed E-state index contributed by atoms with van der Waals surface area (Å²) in [5.74, 6) is 1.67. The standard InChI is InChI=1S/C22H29NO6/c1-13(23)22(24)29-14(2)21(17-9-7-15(25-3)11-19(17)27-5)18-10-8-16(26-4)12-20(18)28-6/h7-14,21H,23H2,1-6H3/t13-,14-/m0/s1. The molecule has 0 saturated carbocycles. The van der Waals surface area contributed by atoms with E-state index in [4.69, 9.17) is 29.4 Å². The number of hydrogen-bond acceptors (Lipinski definition) is 7. The summed E-state index contributed by atoms with van der Waals surface area (Å²) in [7, 11) is 6.34. The van der Waals surface area contributed by atoms with Crippen molar-refractivity contribution in [3.8, 4) is 23.0 Å². The average Bonchev–Trinajstić information content (AvgIpc) is 2.73. The second-order valence-electron chi connectivity index (χ2n) is 6.62. The van der Waals surface area contributed by atoms with E-state index < -0.39 is 18.1 Å². The van der Waals surface area contributed by atoms with Crippen molar-refractivity contribution in [2.45, 2.75) is 31.9 Å². The molecular formula is C22H29NO6. The average molecular weight is 403 g/mol. The Kier molecular flexibility index (Phi) is 7.73. The first-order valence-corrected chi connectivity index (χ1v) is 9.26. The summed E-state index contributed by atoms with van der Waals surface area (Å²) in [6, 6.07) is 10.3. The zero-order valence-corrected chi connectivity index (χ0v) is 17.7. The Bertz CT molecular complexity index is 781. The van der Waals surface area contributed by atoms with Gasteiger partial charge in [-0.1, -0.05) is 12.1 Å². The highest BCUT2D eigenvalue weighted by Gasteiger charge is 2.31. The highest BCUT2D eigenvalue weighted by Crippen LogP contribution is 2.42. The van der Waals surface area contributed by atoms with Crippen molar-refractivity contribution in [3.05, 3.63) is 47.5 Å². The Morgan fingerprint density at radius 2 is 1.24 bits per heavy atom. The lowest BCUT2D eigenvalue weighted by atomic mass is 9.85. The molecule has 2 aromatic carbocycles. The number of rotatable bonds is 9. The van der Waals surface area contributed by atoms with Crippen LogP contribution in [0.25, 0.3) is 0 Å². The van der Waals surface area contributed by atoms with Gasteiger partial charge in [-0.15, -0.1) is 0 Å². The van der Waals surface area contributed by atoms with Gasteiger partial charge in [0.2, 0.25) is 0 Å². The smallest absolute Gasteiger partial charge is 0.322 e. The predicted molar refractivity (Wildman–Crippen MR) is 110 cm³/mol. The molecule has 0 fully saturated rings. The molecule has 29 heavy (non-hydrogen) atoms. The zero-order chi connectivity index (χ0) is 21.6. The second kappa shape index (κ2) is 10.0. The zero-order valence-electron chi connectivity index (χ0n) is 17.7. The molecule has 0 aliphatic carbocycles. The lowest BCUT2D eigenvalue weighted by molar-refractivity contribution is -0.150. The molecule has 2 atom stereocenters. The topological polar surface area (TPSA) is 89.2 Å². The van der Waals surface area contributed by atoms with Crippen LogP contribution in [0.3, 0.4) is 0 Å². The van der Waals surface area contributed by atoms with Crippen molar-refractivity contribution >= 4 is 5.97 Å². The summed E-state index contributed by atoms with van der Waals surface area (Å²) in [5, 5.41) is 0. The van der Waals surface area contributed by atoms with Crippen LogP contribution in [-0.2, 0) is 9.53 Å². The lowest BCUT2D eigenvalue weighted by Crippen LogP contribution is -2.34. The van der Waals surface area contributed by atoms with Crippen LogP contribution in [0, 0.1) is 0 Å². The second-order valence-corrected chi connectivity index (χ2v) is 6.62. The van der Waals surface area contributed by atoms with E-state index in [1.165, 1.54) is 0 Å². The summed E-state index contributed by atoms with van der Waals surface area (Å²) in [6.45, 7) is 3.41. The van der Waals surface area contributed by atoms with Gasteiger partial charge in [-0.05, 0) is 26.0 Å². The number of methoxy groups -OCH3 is 4. The maximum atomic E-state index is 12.2. The van der Waals surface area contributed by atoms with Crippen molar-refractivity contribution in [2.75, 3.05) is 28.4 Å². The van der Waals surface area contributed by atoms with Gasteiger partial charge in [0.1, 0.15) is 35.1 Å². The van der Waals surface area contributed by atoms with E-state index in [9.17, 15) is 4.79 Å². The predicted octanol–water partition coefficient (Wildman–Crippen LogP) is 3.13. The van der Waals surface area contributed by atoms with E-state index in [1.54, 1.807) is 47.5 Å². The number of hydrogen-bond donors (Lipinski definition) is 1. The summed E-state index contributed by atoms with van der Waals surface area (Å²) < 4.78 is 27.5. The minimum Gasteiger partial charge on any atom is -0.497 e. The van der Waals surface area contributed by atoms with Crippen molar-refractivity contribution in [2.24, 2.45) is 5.73 Å². The summed E-state index contributed by atoms with van der Waals surface area (Å²) in [6.07, 6.45) is -0.543. The van der Waals surface area contributed by atoms with Crippen molar-refractivity contribution in [3.63, 3.8) is 0 Å². The molecule has 0 spiro atoms. The highest BCUT2D eigenvalue weighted by atomic mass is 16.5. The quantitative estimate of drug-likeness (QED) is 0.644. The number of carbonyl (C=O) groups excluding carboxylic acids is 1. The van der Waals surface area contributed by atoms with Crippen LogP contribution in [0.15, 0.2) is 36.4 Å². The van der Waals surface area contributed by atoms with Gasteiger partial charge < -0.3 is 29.4 Å². The minimum atomic E-state index is -0.728. The Hall–Kier alpha value is -2.93. The molecule has 2 rings (SSSR count). The number of benzene rings is 2. The van der Waals surface area contributed by atoms with E-state index in [1.807, 2.05) is 31.2 Å². The molecule has 0 aliphatic heterocycles. The maximum absolute atomic E-state index is 12.2. The van der Waals surface area contributed by atoms with Crippen LogP contribution < -0.4 is 24.7 Å². The molecule has 0 aliphatic rings. The first kappa shape index (κ1) is 22.4. The molecule has 7 heteroatoms. The van der Waals surface area contributed by atoms with Crippen LogP contribution in [0.1, 0.15) is 30.9 Å². The first-order chi connectivity index (χ1) is 13.9. The van der Waals surface area contributed by atoms with Gasteiger partial charge in [0, 0.05) is 23.3 Å². The normalized spacial score (nSPS) is 12.8. The molecule has 0 saturated heterocycles. The van der Waals surface area contributed by atoms with Gasteiger partial charge in [0.15, 0.2) is 0 Å². The maximum Gasteiger partial charge on any atom is 0.322 e. The van der Waals surface area contributed by atoms with Crippen LogP contribution in [0.2, 0.25) is 0 Å². The minimum absolute atomic E-state index is 0.376. The number of carbonyl (C=O) groups is 1. The van der Waals surface area contributed by atoms with Crippen LogP contribution in [0.5, 0.6) is 23.0 Å². The third-order valence-corrected chi connectivity index (χ3v) is 4.69. The number of esters is 1. The molecule has 2 N–H and O–H groups in total. The Morgan fingerprint density at radius 1 is 0.793 bits per heavy atom. The molecule has 0 heterocycles. The van der Waals surface area contributed by atoms with E-state index >= 15 is 0 Å². The summed E-state index contributed by atoms with van der Waals surface area (Å²) in [4.78, 5) is 12.2. The molecule has 158 valence electrons. The Morgan fingerprint density at radius 3 is 1.59 bits per heavy atom. The third kappa shape index (κ3) is 5.12. The number of nitrogens with two attached hydrogens (primary N) is 1. The van der Waals surface area contributed by atoms with Gasteiger partial charge in [-0.3, -0.25) is 4.79 Å². The molecule has 0 unspecified atom stereocenters. The fraction of sp³-hybridized carbons (Fsp3) is 0.409. The molecule has 0 aromatic heterocycles. The van der Waals surface area contributed by atoms with Crippen LogP contribution >= 0.6 is 0 Å². The molecule has 0 radical (unpaired) electrons. The van der Waals surface area contributed by atoms with E-state index in [-0.39, 0.29) is 5.92 Å². The van der Waals surface area contributed by atoms with Gasteiger partial charge >= 0.3 is 5.97 Å². The largest absolute Gasteiger partial charge is 0.497 e. The molecule has 7 nitrogen and oxygen atoms in total. The van der Waals surface area contributed by atoms with Crippen molar-refractivity contribution in [1.29, 1.82) is 0 Å². The summed E-state index contributed by atoms with van der Waals surface area (Å²) in [5.41, 5.74) is 7.33. The molecular weight excluding hydrogens is 374 g/mol. The Labute approximate surface area is 171 Å². The van der Waals surface area contributed by atoms with Gasteiger partial charge in [0.25, 0.3) is 0 Å². The molecule has 2 aromatic rings. The van der Waals surface area contributed by atoms with Gasteiger partial charge in [-0.25, -0.2) is 0 Å². The van der Waals surface area contributed by atoms with E-state index in [0.717, 1.165) is 11.1 Å². The molecule has 0 amide bonds. The van der Waals surface area contributed by atoms with Crippen LogP contribution in [-0.4, -0.2) is 46.6 Å². The SMILES string of the molecule is COc1ccc(C(c2ccc(OC)cc2OC)[C@H](C)OC(=O)[C@H](C)N)c(OC)c1. The Balaban J connectivity index is 2.63. The molecule has 0 bridgehead atoms. The van der Waals surface area contributed by atoms with Crippen molar-refractivity contribution in [1.82, 2.24) is 0 Å². The third-order valence-electron chi connectivity index (χ3n) is 4.69. The van der Waals surface area contributed by atoms with Gasteiger partial charge in [-0.2, -0.15) is 0 Å².